The fourth-order valence-corrected chi connectivity index (χ4v) is 3.07. The van der Waals surface area contributed by atoms with Gasteiger partial charge in [-0.05, 0) is 50.2 Å². The van der Waals surface area contributed by atoms with Gasteiger partial charge in [-0.3, -0.25) is 4.79 Å². The summed E-state index contributed by atoms with van der Waals surface area (Å²) in [4.78, 5) is 24.9. The molecule has 0 fully saturated rings. The predicted molar refractivity (Wildman–Crippen MR) is 111 cm³/mol. The second kappa shape index (κ2) is 9.29. The van der Waals surface area contributed by atoms with Crippen molar-refractivity contribution in [2.24, 2.45) is 0 Å². The lowest BCUT2D eigenvalue weighted by Gasteiger charge is -2.12. The van der Waals surface area contributed by atoms with Gasteiger partial charge in [0.2, 0.25) is 0 Å². The molecule has 1 aromatic heterocycles. The number of hydrogen-bond acceptors (Lipinski definition) is 6. The third-order valence-corrected chi connectivity index (χ3v) is 4.58. The molecule has 162 valence electrons. The van der Waals surface area contributed by atoms with E-state index in [4.69, 9.17) is 14.2 Å². The Morgan fingerprint density at radius 1 is 1.06 bits per heavy atom. The number of hydrogen-bond donors (Lipinski definition) is 1. The minimum absolute atomic E-state index is 0.246. The van der Waals surface area contributed by atoms with Crippen LogP contribution in [0.3, 0.4) is 0 Å². The second-order valence-electron chi connectivity index (χ2n) is 6.62. The summed E-state index contributed by atoms with van der Waals surface area (Å²) >= 11 is 0. The SMILES string of the molecule is COc1ccc(OC)c(NC(=O)COC(=O)c2c(C)nn(-c3ccc(F)cc3)c2C)c1. The maximum Gasteiger partial charge on any atom is 0.342 e. The number of nitrogens with one attached hydrogen (secondary N) is 1. The molecule has 0 bridgehead atoms. The lowest BCUT2D eigenvalue weighted by atomic mass is 10.2. The molecule has 0 aliphatic rings. The van der Waals surface area contributed by atoms with E-state index in [0.717, 1.165) is 0 Å². The molecule has 0 saturated carbocycles. The summed E-state index contributed by atoms with van der Waals surface area (Å²) in [5, 5.41) is 6.96. The van der Waals surface area contributed by atoms with Crippen molar-refractivity contribution in [2.45, 2.75) is 13.8 Å². The molecule has 0 aliphatic carbocycles. The highest BCUT2D eigenvalue weighted by atomic mass is 19.1. The average molecular weight is 427 g/mol. The van der Waals surface area contributed by atoms with Gasteiger partial charge in [0.15, 0.2) is 6.61 Å². The van der Waals surface area contributed by atoms with Crippen LogP contribution in [0.4, 0.5) is 10.1 Å². The first-order valence-electron chi connectivity index (χ1n) is 9.35. The van der Waals surface area contributed by atoms with E-state index in [0.29, 0.717) is 34.3 Å². The van der Waals surface area contributed by atoms with Crippen LogP contribution in [0.15, 0.2) is 42.5 Å². The molecular formula is C22H22FN3O5. The van der Waals surface area contributed by atoms with Crippen LogP contribution >= 0.6 is 0 Å². The molecule has 1 heterocycles. The van der Waals surface area contributed by atoms with E-state index in [1.165, 1.54) is 31.0 Å². The molecule has 9 heteroatoms. The molecule has 8 nitrogen and oxygen atoms in total. The molecule has 2 aromatic carbocycles. The van der Waals surface area contributed by atoms with Crippen molar-refractivity contribution in [3.8, 4) is 17.2 Å². The summed E-state index contributed by atoms with van der Waals surface area (Å²) in [5.74, 6) is -0.624. The third kappa shape index (κ3) is 4.82. The molecule has 0 spiro atoms. The number of methoxy groups -OCH3 is 2. The van der Waals surface area contributed by atoms with Crippen LogP contribution in [0.2, 0.25) is 0 Å². The minimum Gasteiger partial charge on any atom is -0.497 e. The predicted octanol–water partition coefficient (Wildman–Crippen LogP) is 3.44. The molecule has 0 atom stereocenters. The number of benzene rings is 2. The van der Waals surface area contributed by atoms with Crippen molar-refractivity contribution in [1.29, 1.82) is 0 Å². The average Bonchev–Trinajstić information content (AvgIpc) is 3.06. The van der Waals surface area contributed by atoms with Gasteiger partial charge in [0.1, 0.15) is 22.9 Å². The molecule has 3 aromatic rings. The van der Waals surface area contributed by atoms with E-state index in [-0.39, 0.29) is 11.4 Å². The molecule has 31 heavy (non-hydrogen) atoms. The summed E-state index contributed by atoms with van der Waals surface area (Å²) < 4.78 is 30.2. The Bertz CT molecular complexity index is 1110. The summed E-state index contributed by atoms with van der Waals surface area (Å²) in [5.41, 5.74) is 2.19. The fourth-order valence-electron chi connectivity index (χ4n) is 3.07. The van der Waals surface area contributed by atoms with Gasteiger partial charge in [-0.2, -0.15) is 5.10 Å². The Morgan fingerprint density at radius 3 is 2.42 bits per heavy atom. The smallest absolute Gasteiger partial charge is 0.342 e. The number of anilines is 1. The molecule has 1 N–H and O–H groups in total. The first-order valence-corrected chi connectivity index (χ1v) is 9.35. The fraction of sp³-hybridized carbons (Fsp3) is 0.227. The molecule has 3 rings (SSSR count). The van der Waals surface area contributed by atoms with Crippen molar-refractivity contribution in [2.75, 3.05) is 26.1 Å². The lowest BCUT2D eigenvalue weighted by molar-refractivity contribution is -0.119. The Labute approximate surface area is 178 Å². The van der Waals surface area contributed by atoms with E-state index in [9.17, 15) is 14.0 Å². The van der Waals surface area contributed by atoms with Crippen molar-refractivity contribution >= 4 is 17.6 Å². The van der Waals surface area contributed by atoms with E-state index >= 15 is 0 Å². The van der Waals surface area contributed by atoms with Crippen LogP contribution in [0.1, 0.15) is 21.7 Å². The zero-order chi connectivity index (χ0) is 22.5. The maximum atomic E-state index is 13.2. The van der Waals surface area contributed by atoms with Gasteiger partial charge in [0, 0.05) is 6.07 Å². The zero-order valence-corrected chi connectivity index (χ0v) is 17.6. The Hall–Kier alpha value is -3.88. The van der Waals surface area contributed by atoms with E-state index < -0.39 is 18.5 Å². The second-order valence-corrected chi connectivity index (χ2v) is 6.62. The third-order valence-electron chi connectivity index (χ3n) is 4.58. The Balaban J connectivity index is 1.70. The number of aromatic nitrogens is 2. The first kappa shape index (κ1) is 21.8. The first-order chi connectivity index (χ1) is 14.8. The monoisotopic (exact) mass is 427 g/mol. The standard InChI is InChI=1S/C22H22FN3O5/c1-13-21(14(2)26(25-13)16-7-5-15(23)6-8-16)22(28)31-12-20(27)24-18-11-17(29-3)9-10-19(18)30-4/h5-11H,12H2,1-4H3,(H,24,27). The largest absolute Gasteiger partial charge is 0.497 e. The van der Waals surface area contributed by atoms with E-state index in [1.54, 1.807) is 44.2 Å². The highest BCUT2D eigenvalue weighted by Crippen LogP contribution is 2.28. The number of halogens is 1. The molecular weight excluding hydrogens is 405 g/mol. The van der Waals surface area contributed by atoms with Crippen molar-refractivity contribution in [3.63, 3.8) is 0 Å². The summed E-state index contributed by atoms with van der Waals surface area (Å²) in [6.07, 6.45) is 0. The van der Waals surface area contributed by atoms with Gasteiger partial charge < -0.3 is 19.5 Å². The molecule has 0 saturated heterocycles. The minimum atomic E-state index is -0.684. The van der Waals surface area contributed by atoms with Crippen LogP contribution in [0.5, 0.6) is 11.5 Å². The number of esters is 1. The number of ether oxygens (including phenoxy) is 3. The summed E-state index contributed by atoms with van der Waals surface area (Å²) in [6.45, 7) is 2.85. The number of carbonyl (C=O) groups excluding carboxylic acids is 2. The van der Waals surface area contributed by atoms with Gasteiger partial charge in [-0.25, -0.2) is 13.9 Å². The van der Waals surface area contributed by atoms with Crippen molar-refractivity contribution in [1.82, 2.24) is 9.78 Å². The van der Waals surface area contributed by atoms with E-state index in [1.807, 2.05) is 0 Å². The Morgan fingerprint density at radius 2 is 1.77 bits per heavy atom. The van der Waals surface area contributed by atoms with Gasteiger partial charge in [0.05, 0.1) is 37.0 Å². The molecule has 0 unspecified atom stereocenters. The number of nitrogens with zero attached hydrogens (tertiary/aromatic N) is 2. The lowest BCUT2D eigenvalue weighted by Crippen LogP contribution is -2.21. The van der Waals surface area contributed by atoms with Crippen LogP contribution in [-0.2, 0) is 9.53 Å². The zero-order valence-electron chi connectivity index (χ0n) is 17.6. The van der Waals surface area contributed by atoms with Gasteiger partial charge in [-0.15, -0.1) is 0 Å². The molecule has 1 amide bonds. The van der Waals surface area contributed by atoms with Crippen molar-refractivity contribution in [3.05, 3.63) is 65.2 Å². The van der Waals surface area contributed by atoms with E-state index in [2.05, 4.69) is 10.4 Å². The highest BCUT2D eigenvalue weighted by Gasteiger charge is 2.22. The maximum absolute atomic E-state index is 13.2. The molecule has 0 aliphatic heterocycles. The Kier molecular flexibility index (Phi) is 6.54. The van der Waals surface area contributed by atoms with Gasteiger partial charge in [0.25, 0.3) is 5.91 Å². The number of carbonyl (C=O) groups is 2. The van der Waals surface area contributed by atoms with Crippen LogP contribution < -0.4 is 14.8 Å². The topological polar surface area (TPSA) is 91.7 Å². The van der Waals surface area contributed by atoms with Crippen molar-refractivity contribution < 1.29 is 28.2 Å². The normalized spacial score (nSPS) is 10.5. The number of amides is 1. The van der Waals surface area contributed by atoms with Gasteiger partial charge >= 0.3 is 5.97 Å². The summed E-state index contributed by atoms with van der Waals surface area (Å²) in [7, 11) is 2.98. The van der Waals surface area contributed by atoms with Crippen LogP contribution in [-0.4, -0.2) is 42.5 Å². The number of rotatable bonds is 7. The van der Waals surface area contributed by atoms with Gasteiger partial charge in [-0.1, -0.05) is 0 Å². The number of aryl methyl sites for hydroxylation is 1. The summed E-state index contributed by atoms with van der Waals surface area (Å²) in [6, 6.07) is 10.7. The highest BCUT2D eigenvalue weighted by molar-refractivity contribution is 5.97. The van der Waals surface area contributed by atoms with Crippen LogP contribution in [0, 0.1) is 19.7 Å². The van der Waals surface area contributed by atoms with Crippen LogP contribution in [0.25, 0.3) is 5.69 Å². The molecule has 0 radical (unpaired) electrons. The quantitative estimate of drug-likeness (QED) is 0.581.